The molecule has 0 spiro atoms. The predicted molar refractivity (Wildman–Crippen MR) is 137 cm³/mol. The van der Waals surface area contributed by atoms with E-state index in [9.17, 15) is 4.79 Å². The summed E-state index contributed by atoms with van der Waals surface area (Å²) in [7, 11) is 1.50. The lowest BCUT2D eigenvalue weighted by atomic mass is 10.0. The van der Waals surface area contributed by atoms with Crippen molar-refractivity contribution < 1.29 is 32.5 Å². The lowest BCUT2D eigenvalue weighted by Gasteiger charge is -2.28. The lowest BCUT2D eigenvalue weighted by molar-refractivity contribution is 0.0996. The van der Waals surface area contributed by atoms with E-state index in [0.29, 0.717) is 22.4 Å². The molecule has 200 valence electrons. The Hall–Kier alpha value is -4.51. The van der Waals surface area contributed by atoms with Crippen LogP contribution in [0.25, 0.3) is 22.2 Å². The molecule has 2 aromatic heterocycles. The van der Waals surface area contributed by atoms with Gasteiger partial charge in [0, 0.05) is 42.5 Å². The van der Waals surface area contributed by atoms with Gasteiger partial charge in [-0.15, -0.1) is 0 Å². The van der Waals surface area contributed by atoms with Crippen LogP contribution in [-0.4, -0.2) is 48.3 Å². The maximum absolute atomic E-state index is 15.3. The Morgan fingerprint density at radius 3 is 2.26 bits per heavy atom. The summed E-state index contributed by atoms with van der Waals surface area (Å²) in [6.45, 7) is 1.45. The van der Waals surface area contributed by atoms with Gasteiger partial charge in [-0.25, -0.2) is 8.78 Å². The number of methoxy groups -OCH3 is 1. The molecule has 3 heterocycles. The highest BCUT2D eigenvalue weighted by Gasteiger charge is 2.28. The van der Waals surface area contributed by atoms with Crippen LogP contribution in [0.2, 0.25) is 0 Å². The van der Waals surface area contributed by atoms with Gasteiger partial charge in [0.1, 0.15) is 23.2 Å². The van der Waals surface area contributed by atoms with Crippen LogP contribution >= 0.6 is 0 Å². The molecule has 2 aromatic carbocycles. The average Bonchev–Trinajstić information content (AvgIpc) is 3.71. The largest absolute Gasteiger partial charge is 0.493 e. The van der Waals surface area contributed by atoms with E-state index in [4.69, 9.17) is 24.7 Å². The van der Waals surface area contributed by atoms with E-state index in [0.717, 1.165) is 38.1 Å². The number of amides is 1. The molecule has 0 unspecified atom stereocenters. The van der Waals surface area contributed by atoms with Gasteiger partial charge in [0.15, 0.2) is 28.9 Å². The number of nitrogens with one attached hydrogen (secondary N) is 1. The molecule has 6 rings (SSSR count). The first-order valence-electron chi connectivity index (χ1n) is 12.4. The molecule has 0 radical (unpaired) electrons. The fourth-order valence-corrected chi connectivity index (χ4v) is 4.26. The van der Waals surface area contributed by atoms with Crippen molar-refractivity contribution in [3.05, 3.63) is 66.0 Å². The number of aromatic nitrogens is 2. The van der Waals surface area contributed by atoms with E-state index < -0.39 is 23.3 Å². The first-order valence-corrected chi connectivity index (χ1v) is 12.4. The zero-order valence-electron chi connectivity index (χ0n) is 20.9. The molecule has 11 heteroatoms. The smallest absolute Gasteiger partial charge is 0.254 e. The van der Waals surface area contributed by atoms with Crippen molar-refractivity contribution in [1.82, 2.24) is 15.3 Å². The van der Waals surface area contributed by atoms with Gasteiger partial charge in [0.25, 0.3) is 5.91 Å². The summed E-state index contributed by atoms with van der Waals surface area (Å²) >= 11 is 0. The van der Waals surface area contributed by atoms with Gasteiger partial charge in [0.05, 0.1) is 24.4 Å². The summed E-state index contributed by atoms with van der Waals surface area (Å²) in [5, 5.41) is 3.60. The monoisotopic (exact) mass is 534 g/mol. The Balaban J connectivity index is 1.35. The van der Waals surface area contributed by atoms with Gasteiger partial charge in [-0.3, -0.25) is 14.8 Å². The third-order valence-electron chi connectivity index (χ3n) is 6.49. The van der Waals surface area contributed by atoms with E-state index in [1.54, 1.807) is 12.1 Å². The van der Waals surface area contributed by atoms with Crippen LogP contribution in [0.4, 0.5) is 8.78 Å². The molecule has 1 saturated heterocycles. The standard InChI is InChI=1S/C28H24F2N4O5/c1-36-23-10-17-20(11-24(23)38-16-12-32-13-16)33-6-4-21(17)39-27-18(29)8-14(9-19(27)30)26-25(28(31)35)22(5-7-34-26)37-15-2-3-15/h4-11,15-16,32H,2-3,12-13H2,1H3,(H2,31,35). The van der Waals surface area contributed by atoms with E-state index in [2.05, 4.69) is 15.3 Å². The van der Waals surface area contributed by atoms with Crippen molar-refractivity contribution in [2.24, 2.45) is 5.73 Å². The summed E-state index contributed by atoms with van der Waals surface area (Å²) in [5.41, 5.74) is 6.06. The fourth-order valence-electron chi connectivity index (χ4n) is 4.26. The van der Waals surface area contributed by atoms with Gasteiger partial charge >= 0.3 is 0 Å². The number of halogens is 2. The normalized spacial score (nSPS) is 15.1. The van der Waals surface area contributed by atoms with Crippen LogP contribution in [0.1, 0.15) is 23.2 Å². The van der Waals surface area contributed by atoms with Crippen molar-refractivity contribution in [2.75, 3.05) is 20.2 Å². The number of hydrogen-bond donors (Lipinski definition) is 2. The highest BCUT2D eigenvalue weighted by molar-refractivity contribution is 6.01. The second-order valence-corrected chi connectivity index (χ2v) is 9.31. The lowest BCUT2D eigenvalue weighted by Crippen LogP contribution is -2.50. The maximum Gasteiger partial charge on any atom is 0.254 e. The third-order valence-corrected chi connectivity index (χ3v) is 6.49. The molecule has 1 saturated carbocycles. The highest BCUT2D eigenvalue weighted by Crippen LogP contribution is 2.40. The van der Waals surface area contributed by atoms with Crippen molar-refractivity contribution in [2.45, 2.75) is 25.0 Å². The molecule has 2 fully saturated rings. The minimum Gasteiger partial charge on any atom is -0.493 e. The second kappa shape index (κ2) is 9.99. The summed E-state index contributed by atoms with van der Waals surface area (Å²) < 4.78 is 53.6. The second-order valence-electron chi connectivity index (χ2n) is 9.31. The van der Waals surface area contributed by atoms with Crippen LogP contribution in [-0.2, 0) is 0 Å². The Morgan fingerprint density at radius 2 is 1.62 bits per heavy atom. The van der Waals surface area contributed by atoms with Gasteiger partial charge in [-0.2, -0.15) is 0 Å². The molecule has 3 N–H and O–H groups in total. The SMILES string of the molecule is COc1cc2c(Oc3c(F)cc(-c4nccc(OC5CC5)c4C(N)=O)cc3F)ccnc2cc1OC1CNC1. The fraction of sp³-hybridized carbons (Fsp3) is 0.250. The van der Waals surface area contributed by atoms with Gasteiger partial charge in [-0.05, 0) is 43.2 Å². The topological polar surface area (TPSA) is 118 Å². The molecular weight excluding hydrogens is 510 g/mol. The van der Waals surface area contributed by atoms with E-state index in [-0.39, 0.29) is 40.5 Å². The first kappa shape index (κ1) is 24.8. The van der Waals surface area contributed by atoms with Crippen molar-refractivity contribution in [1.29, 1.82) is 0 Å². The number of primary amides is 1. The van der Waals surface area contributed by atoms with Crippen LogP contribution in [0.15, 0.2) is 48.8 Å². The van der Waals surface area contributed by atoms with Gasteiger partial charge in [0.2, 0.25) is 0 Å². The van der Waals surface area contributed by atoms with Crippen LogP contribution in [0.5, 0.6) is 28.7 Å². The molecule has 1 amide bonds. The summed E-state index contributed by atoms with van der Waals surface area (Å²) in [6, 6.07) is 8.43. The number of nitrogens with zero attached hydrogens (tertiary/aromatic N) is 2. The first-order chi connectivity index (χ1) is 18.9. The van der Waals surface area contributed by atoms with Gasteiger partial charge in [-0.1, -0.05) is 0 Å². The summed E-state index contributed by atoms with van der Waals surface area (Å²) in [5.74, 6) is -2.10. The van der Waals surface area contributed by atoms with Crippen LogP contribution < -0.4 is 30.0 Å². The van der Waals surface area contributed by atoms with E-state index in [1.807, 2.05) is 0 Å². The zero-order valence-corrected chi connectivity index (χ0v) is 20.9. The number of rotatable bonds is 9. The zero-order chi connectivity index (χ0) is 27.1. The maximum atomic E-state index is 15.3. The molecule has 4 aromatic rings. The van der Waals surface area contributed by atoms with Crippen LogP contribution in [0, 0.1) is 11.6 Å². The summed E-state index contributed by atoms with van der Waals surface area (Å²) in [6.07, 6.45) is 4.57. The van der Waals surface area contributed by atoms with E-state index >= 15 is 8.78 Å². The number of fused-ring (bicyclic) bond motifs is 1. The average molecular weight is 535 g/mol. The minimum absolute atomic E-state index is 0.0123. The number of carbonyl (C=O) groups is 1. The molecule has 1 aliphatic heterocycles. The number of benzene rings is 2. The number of nitrogens with two attached hydrogens (primary N) is 1. The molecule has 0 bridgehead atoms. The van der Waals surface area contributed by atoms with Crippen LogP contribution in [0.3, 0.4) is 0 Å². The Bertz CT molecular complexity index is 1570. The van der Waals surface area contributed by atoms with Gasteiger partial charge < -0.3 is 30.0 Å². The summed E-state index contributed by atoms with van der Waals surface area (Å²) in [4.78, 5) is 20.7. The van der Waals surface area contributed by atoms with Crippen molar-refractivity contribution >= 4 is 16.8 Å². The van der Waals surface area contributed by atoms with Crippen molar-refractivity contribution in [3.8, 4) is 40.0 Å². The molecule has 0 atom stereocenters. The van der Waals surface area contributed by atoms with Crippen molar-refractivity contribution in [3.63, 3.8) is 0 Å². The minimum atomic E-state index is -0.995. The molecule has 1 aliphatic carbocycles. The molecule has 9 nitrogen and oxygen atoms in total. The number of ether oxygens (including phenoxy) is 4. The Labute approximate surface area is 221 Å². The highest BCUT2D eigenvalue weighted by atomic mass is 19.1. The molecule has 2 aliphatic rings. The third kappa shape index (κ3) is 4.88. The Morgan fingerprint density at radius 1 is 0.923 bits per heavy atom. The Kier molecular flexibility index (Phi) is 6.35. The number of carbonyl (C=O) groups excluding carboxylic acids is 1. The quantitative estimate of drug-likeness (QED) is 0.325. The molecular formula is C28H24F2N4O5. The number of pyridine rings is 2. The van der Waals surface area contributed by atoms with E-state index in [1.165, 1.54) is 31.6 Å². The molecule has 39 heavy (non-hydrogen) atoms. The predicted octanol–water partition coefficient (Wildman–Crippen LogP) is 4.37. The number of hydrogen-bond acceptors (Lipinski definition) is 8.